The summed E-state index contributed by atoms with van der Waals surface area (Å²) in [5.74, 6) is 0.508. The first kappa shape index (κ1) is 10.7. The Kier molecular flexibility index (Phi) is 3.39. The molecule has 1 aromatic carbocycles. The minimum Gasteiger partial charge on any atom is -0.394 e. The molecule has 2 unspecified atom stereocenters. The molecule has 0 radical (unpaired) electrons. The number of aryl methyl sites for hydroxylation is 1. The molecule has 1 heterocycles. The van der Waals surface area contributed by atoms with E-state index in [4.69, 9.17) is 9.84 Å². The van der Waals surface area contributed by atoms with Gasteiger partial charge in [0.05, 0.1) is 19.3 Å². The topological polar surface area (TPSA) is 29.5 Å². The number of hydrogen-bond acceptors (Lipinski definition) is 2. The van der Waals surface area contributed by atoms with Gasteiger partial charge in [-0.2, -0.15) is 0 Å². The first-order valence-corrected chi connectivity index (χ1v) is 5.58. The molecule has 2 atom stereocenters. The first-order valence-electron chi connectivity index (χ1n) is 5.58. The predicted molar refractivity (Wildman–Crippen MR) is 60.0 cm³/mol. The third kappa shape index (κ3) is 2.58. The molecule has 0 aromatic heterocycles. The second kappa shape index (κ2) is 4.77. The lowest BCUT2D eigenvalue weighted by atomic mass is 9.91. The van der Waals surface area contributed by atoms with Crippen LogP contribution in [0.2, 0.25) is 0 Å². The van der Waals surface area contributed by atoms with Crippen LogP contribution in [0.3, 0.4) is 0 Å². The molecule has 15 heavy (non-hydrogen) atoms. The maximum absolute atomic E-state index is 8.96. The quantitative estimate of drug-likeness (QED) is 0.804. The minimum atomic E-state index is 0.0618. The zero-order valence-electron chi connectivity index (χ0n) is 9.15. The Bertz CT molecular complexity index is 297. The molecule has 1 N–H and O–H groups in total. The maximum Gasteiger partial charge on any atom is 0.0806 e. The van der Waals surface area contributed by atoms with Crippen LogP contribution in [0.15, 0.2) is 24.3 Å². The van der Waals surface area contributed by atoms with Crippen molar-refractivity contribution in [1.29, 1.82) is 0 Å². The van der Waals surface area contributed by atoms with Crippen LogP contribution in [-0.4, -0.2) is 24.4 Å². The Balaban J connectivity index is 1.98. The lowest BCUT2D eigenvalue weighted by molar-refractivity contribution is -0.0269. The molecule has 0 amide bonds. The lowest BCUT2D eigenvalue weighted by Gasteiger charge is -2.28. The molecule has 2 rings (SSSR count). The maximum atomic E-state index is 8.96. The highest BCUT2D eigenvalue weighted by Gasteiger charge is 2.21. The molecule has 0 saturated carbocycles. The molecule has 1 saturated heterocycles. The fourth-order valence-electron chi connectivity index (χ4n) is 2.05. The SMILES string of the molecule is Cc1ccc(C2CCC(CO)OC2)cc1. The van der Waals surface area contributed by atoms with Crippen LogP contribution in [0.5, 0.6) is 0 Å². The van der Waals surface area contributed by atoms with Crippen LogP contribution in [0.25, 0.3) is 0 Å². The zero-order chi connectivity index (χ0) is 10.7. The molecule has 1 aromatic rings. The smallest absolute Gasteiger partial charge is 0.0806 e. The van der Waals surface area contributed by atoms with Gasteiger partial charge in [-0.05, 0) is 25.3 Å². The number of rotatable bonds is 2. The Labute approximate surface area is 90.9 Å². The van der Waals surface area contributed by atoms with E-state index >= 15 is 0 Å². The summed E-state index contributed by atoms with van der Waals surface area (Å²) in [4.78, 5) is 0. The van der Waals surface area contributed by atoms with Gasteiger partial charge in [0.2, 0.25) is 0 Å². The van der Waals surface area contributed by atoms with E-state index in [9.17, 15) is 0 Å². The largest absolute Gasteiger partial charge is 0.394 e. The number of aliphatic hydroxyl groups excluding tert-OH is 1. The Morgan fingerprint density at radius 3 is 2.53 bits per heavy atom. The third-order valence-electron chi connectivity index (χ3n) is 3.12. The van der Waals surface area contributed by atoms with Crippen molar-refractivity contribution >= 4 is 0 Å². The monoisotopic (exact) mass is 206 g/mol. The summed E-state index contributed by atoms with van der Waals surface area (Å²) in [5.41, 5.74) is 2.65. The van der Waals surface area contributed by atoms with E-state index in [0.717, 1.165) is 19.4 Å². The molecule has 1 fully saturated rings. The van der Waals surface area contributed by atoms with Crippen LogP contribution in [0, 0.1) is 6.92 Å². The first-order chi connectivity index (χ1) is 7.29. The Morgan fingerprint density at radius 1 is 1.27 bits per heavy atom. The average molecular weight is 206 g/mol. The summed E-state index contributed by atoms with van der Waals surface area (Å²) in [6.45, 7) is 3.00. The van der Waals surface area contributed by atoms with E-state index in [1.165, 1.54) is 11.1 Å². The number of hydrogen-bond donors (Lipinski definition) is 1. The van der Waals surface area contributed by atoms with Gasteiger partial charge in [0, 0.05) is 5.92 Å². The van der Waals surface area contributed by atoms with Gasteiger partial charge in [-0.1, -0.05) is 29.8 Å². The number of ether oxygens (including phenoxy) is 1. The standard InChI is InChI=1S/C13H18O2/c1-10-2-4-11(5-3-10)12-6-7-13(8-14)15-9-12/h2-5,12-14H,6-9H2,1H3. The lowest BCUT2D eigenvalue weighted by Crippen LogP contribution is -2.27. The van der Waals surface area contributed by atoms with Gasteiger partial charge in [0.1, 0.15) is 0 Å². The fraction of sp³-hybridized carbons (Fsp3) is 0.538. The van der Waals surface area contributed by atoms with Gasteiger partial charge in [0.15, 0.2) is 0 Å². The van der Waals surface area contributed by atoms with E-state index in [1.54, 1.807) is 0 Å². The van der Waals surface area contributed by atoms with Crippen LogP contribution < -0.4 is 0 Å². The van der Waals surface area contributed by atoms with E-state index in [0.29, 0.717) is 5.92 Å². The summed E-state index contributed by atoms with van der Waals surface area (Å²) in [5, 5.41) is 8.96. The van der Waals surface area contributed by atoms with Crippen LogP contribution in [0.1, 0.15) is 29.9 Å². The van der Waals surface area contributed by atoms with Gasteiger partial charge < -0.3 is 9.84 Å². The Hall–Kier alpha value is -0.860. The van der Waals surface area contributed by atoms with Crippen molar-refractivity contribution in [3.63, 3.8) is 0 Å². The molecular weight excluding hydrogens is 188 g/mol. The van der Waals surface area contributed by atoms with Gasteiger partial charge in [-0.15, -0.1) is 0 Å². The molecular formula is C13H18O2. The summed E-state index contributed by atoms with van der Waals surface area (Å²) in [7, 11) is 0. The van der Waals surface area contributed by atoms with Crippen molar-refractivity contribution < 1.29 is 9.84 Å². The van der Waals surface area contributed by atoms with E-state index in [2.05, 4.69) is 31.2 Å². The average Bonchev–Trinajstić information content (AvgIpc) is 2.30. The molecule has 0 bridgehead atoms. The normalized spacial score (nSPS) is 26.5. The van der Waals surface area contributed by atoms with Crippen molar-refractivity contribution in [2.75, 3.05) is 13.2 Å². The fourth-order valence-corrected chi connectivity index (χ4v) is 2.05. The number of benzene rings is 1. The Morgan fingerprint density at radius 2 is 2.00 bits per heavy atom. The van der Waals surface area contributed by atoms with Gasteiger partial charge >= 0.3 is 0 Å². The highest BCUT2D eigenvalue weighted by Crippen LogP contribution is 2.28. The minimum absolute atomic E-state index is 0.0618. The second-order valence-corrected chi connectivity index (χ2v) is 4.32. The van der Waals surface area contributed by atoms with Crippen LogP contribution >= 0.6 is 0 Å². The molecule has 82 valence electrons. The van der Waals surface area contributed by atoms with Crippen molar-refractivity contribution in [2.45, 2.75) is 31.8 Å². The summed E-state index contributed by atoms with van der Waals surface area (Å²) >= 11 is 0. The zero-order valence-corrected chi connectivity index (χ0v) is 9.15. The highest BCUT2D eigenvalue weighted by molar-refractivity contribution is 5.24. The third-order valence-corrected chi connectivity index (χ3v) is 3.12. The molecule has 1 aliphatic rings. The van der Waals surface area contributed by atoms with Crippen molar-refractivity contribution in [3.8, 4) is 0 Å². The molecule has 1 aliphatic heterocycles. The van der Waals surface area contributed by atoms with Crippen LogP contribution in [0.4, 0.5) is 0 Å². The second-order valence-electron chi connectivity index (χ2n) is 4.32. The highest BCUT2D eigenvalue weighted by atomic mass is 16.5. The summed E-state index contributed by atoms with van der Waals surface area (Å²) < 4.78 is 5.57. The van der Waals surface area contributed by atoms with E-state index in [-0.39, 0.29) is 12.7 Å². The van der Waals surface area contributed by atoms with Crippen LogP contribution in [-0.2, 0) is 4.74 Å². The van der Waals surface area contributed by atoms with E-state index in [1.807, 2.05) is 0 Å². The molecule has 2 nitrogen and oxygen atoms in total. The van der Waals surface area contributed by atoms with Crippen molar-refractivity contribution in [2.24, 2.45) is 0 Å². The van der Waals surface area contributed by atoms with Gasteiger partial charge in [0.25, 0.3) is 0 Å². The van der Waals surface area contributed by atoms with Crippen molar-refractivity contribution in [3.05, 3.63) is 35.4 Å². The van der Waals surface area contributed by atoms with Gasteiger partial charge in [-0.25, -0.2) is 0 Å². The summed E-state index contributed by atoms with van der Waals surface area (Å²) in [6, 6.07) is 8.66. The molecule has 2 heteroatoms. The molecule has 0 aliphatic carbocycles. The van der Waals surface area contributed by atoms with Crippen molar-refractivity contribution in [1.82, 2.24) is 0 Å². The predicted octanol–water partition coefficient (Wildman–Crippen LogP) is 2.25. The summed E-state index contributed by atoms with van der Waals surface area (Å²) in [6.07, 6.45) is 2.15. The number of aliphatic hydroxyl groups is 1. The molecule has 0 spiro atoms. The van der Waals surface area contributed by atoms with E-state index < -0.39 is 0 Å². The van der Waals surface area contributed by atoms with Gasteiger partial charge in [-0.3, -0.25) is 0 Å².